The molecular formula is C15H29NO. The Kier molecular flexibility index (Phi) is 4.48. The van der Waals surface area contributed by atoms with Crippen LogP contribution in [0.3, 0.4) is 0 Å². The van der Waals surface area contributed by atoms with Gasteiger partial charge in [0.2, 0.25) is 0 Å². The van der Waals surface area contributed by atoms with Gasteiger partial charge in [-0.05, 0) is 33.6 Å². The van der Waals surface area contributed by atoms with E-state index in [1.807, 2.05) is 0 Å². The molecule has 0 radical (unpaired) electrons. The van der Waals surface area contributed by atoms with Gasteiger partial charge in [0.05, 0.1) is 11.7 Å². The minimum absolute atomic E-state index is 0.0255. The van der Waals surface area contributed by atoms with Crippen molar-refractivity contribution in [2.45, 2.75) is 83.5 Å². The zero-order chi connectivity index (χ0) is 12.3. The first-order valence-corrected chi connectivity index (χ1v) is 7.46. The van der Waals surface area contributed by atoms with Crippen LogP contribution in [-0.4, -0.2) is 35.7 Å². The summed E-state index contributed by atoms with van der Waals surface area (Å²) in [5.41, 5.74) is 0.0255. The lowest BCUT2D eigenvalue weighted by atomic mass is 9.93. The summed E-state index contributed by atoms with van der Waals surface area (Å²) in [6.07, 6.45) is 10.6. The van der Waals surface area contributed by atoms with Crippen molar-refractivity contribution in [2.75, 3.05) is 13.1 Å². The van der Waals surface area contributed by atoms with Crippen LogP contribution >= 0.6 is 0 Å². The standard InChI is InChI=1S/C15H29NO/c1-15(2,3)17-14-11-16(12-14)13-9-7-5-4-6-8-10-13/h13-14H,4-12H2,1-3H3. The highest BCUT2D eigenvalue weighted by Crippen LogP contribution is 2.27. The molecule has 1 saturated carbocycles. The fourth-order valence-corrected chi connectivity index (χ4v) is 3.14. The Labute approximate surface area is 107 Å². The molecule has 0 spiro atoms. The highest BCUT2D eigenvalue weighted by Gasteiger charge is 2.34. The normalized spacial score (nSPS) is 26.3. The summed E-state index contributed by atoms with van der Waals surface area (Å²) in [6.45, 7) is 8.81. The van der Waals surface area contributed by atoms with Gasteiger partial charge in [0.15, 0.2) is 0 Å². The van der Waals surface area contributed by atoms with Crippen molar-refractivity contribution in [1.29, 1.82) is 0 Å². The van der Waals surface area contributed by atoms with Crippen molar-refractivity contribution < 1.29 is 4.74 Å². The lowest BCUT2D eigenvalue weighted by Crippen LogP contribution is -2.58. The van der Waals surface area contributed by atoms with Crippen LogP contribution in [0.4, 0.5) is 0 Å². The van der Waals surface area contributed by atoms with Crippen molar-refractivity contribution in [3.8, 4) is 0 Å². The molecule has 2 rings (SSSR count). The van der Waals surface area contributed by atoms with Crippen LogP contribution in [0.1, 0.15) is 65.7 Å². The summed E-state index contributed by atoms with van der Waals surface area (Å²) in [5.74, 6) is 0. The average Bonchev–Trinajstić information content (AvgIpc) is 2.10. The van der Waals surface area contributed by atoms with Gasteiger partial charge >= 0.3 is 0 Å². The van der Waals surface area contributed by atoms with E-state index in [-0.39, 0.29) is 5.60 Å². The van der Waals surface area contributed by atoms with Gasteiger partial charge in [0.25, 0.3) is 0 Å². The van der Waals surface area contributed by atoms with Crippen molar-refractivity contribution in [3.63, 3.8) is 0 Å². The first-order chi connectivity index (χ1) is 8.04. The van der Waals surface area contributed by atoms with E-state index in [0.29, 0.717) is 6.10 Å². The fraction of sp³-hybridized carbons (Fsp3) is 1.00. The molecule has 17 heavy (non-hydrogen) atoms. The molecule has 2 fully saturated rings. The SMILES string of the molecule is CC(C)(C)OC1CN(C2CCCCCCC2)C1. The Hall–Kier alpha value is -0.0800. The molecule has 2 aliphatic rings. The number of rotatable bonds is 2. The predicted molar refractivity (Wildman–Crippen MR) is 72.3 cm³/mol. The van der Waals surface area contributed by atoms with E-state index in [2.05, 4.69) is 25.7 Å². The second kappa shape index (κ2) is 5.71. The number of likely N-dealkylation sites (tertiary alicyclic amines) is 1. The van der Waals surface area contributed by atoms with Crippen molar-refractivity contribution in [2.24, 2.45) is 0 Å². The molecule has 1 aliphatic heterocycles. The van der Waals surface area contributed by atoms with Gasteiger partial charge in [0.1, 0.15) is 0 Å². The molecular weight excluding hydrogens is 210 g/mol. The van der Waals surface area contributed by atoms with Crippen molar-refractivity contribution >= 4 is 0 Å². The maximum atomic E-state index is 6.01. The van der Waals surface area contributed by atoms with E-state index in [9.17, 15) is 0 Å². The lowest BCUT2D eigenvalue weighted by molar-refractivity contribution is -0.135. The molecule has 0 unspecified atom stereocenters. The van der Waals surface area contributed by atoms with Gasteiger partial charge in [-0.2, -0.15) is 0 Å². The molecule has 0 atom stereocenters. The van der Waals surface area contributed by atoms with E-state index in [1.165, 1.54) is 58.0 Å². The van der Waals surface area contributed by atoms with Crippen molar-refractivity contribution in [3.05, 3.63) is 0 Å². The van der Waals surface area contributed by atoms with Crippen LogP contribution < -0.4 is 0 Å². The van der Waals surface area contributed by atoms with Crippen LogP contribution in [-0.2, 0) is 4.74 Å². The maximum Gasteiger partial charge on any atom is 0.0835 e. The van der Waals surface area contributed by atoms with E-state index in [0.717, 1.165) is 6.04 Å². The van der Waals surface area contributed by atoms with Gasteiger partial charge in [-0.15, -0.1) is 0 Å². The highest BCUT2D eigenvalue weighted by molar-refractivity contribution is 4.88. The minimum atomic E-state index is 0.0255. The zero-order valence-electron chi connectivity index (χ0n) is 11.9. The van der Waals surface area contributed by atoms with Gasteiger partial charge in [0, 0.05) is 19.1 Å². The Morgan fingerprint density at radius 3 is 1.94 bits per heavy atom. The molecule has 1 saturated heterocycles. The average molecular weight is 239 g/mol. The summed E-state index contributed by atoms with van der Waals surface area (Å²) in [7, 11) is 0. The molecule has 100 valence electrons. The molecule has 2 heteroatoms. The van der Waals surface area contributed by atoms with Crippen LogP contribution in [0.2, 0.25) is 0 Å². The Morgan fingerprint density at radius 2 is 1.41 bits per heavy atom. The molecule has 0 aromatic heterocycles. The molecule has 0 N–H and O–H groups in total. The summed E-state index contributed by atoms with van der Waals surface area (Å²) in [5, 5.41) is 0. The third kappa shape index (κ3) is 4.26. The summed E-state index contributed by atoms with van der Waals surface area (Å²) < 4.78 is 6.01. The minimum Gasteiger partial charge on any atom is -0.370 e. The zero-order valence-corrected chi connectivity index (χ0v) is 11.9. The fourth-order valence-electron chi connectivity index (χ4n) is 3.14. The number of hydrogen-bond donors (Lipinski definition) is 0. The quantitative estimate of drug-likeness (QED) is 0.730. The topological polar surface area (TPSA) is 12.5 Å². The van der Waals surface area contributed by atoms with Crippen LogP contribution in [0.5, 0.6) is 0 Å². The Balaban J connectivity index is 1.70. The smallest absolute Gasteiger partial charge is 0.0835 e. The molecule has 1 heterocycles. The van der Waals surface area contributed by atoms with Gasteiger partial charge in [-0.3, -0.25) is 4.90 Å². The Morgan fingerprint density at radius 1 is 0.882 bits per heavy atom. The molecule has 0 bridgehead atoms. The molecule has 0 aromatic carbocycles. The second-order valence-electron chi connectivity index (χ2n) is 6.81. The van der Waals surface area contributed by atoms with Crippen LogP contribution in [0.15, 0.2) is 0 Å². The van der Waals surface area contributed by atoms with Crippen LogP contribution in [0, 0.1) is 0 Å². The third-order valence-electron chi connectivity index (χ3n) is 3.99. The first kappa shape index (κ1) is 13.4. The largest absolute Gasteiger partial charge is 0.370 e. The number of hydrogen-bond acceptors (Lipinski definition) is 2. The van der Waals surface area contributed by atoms with E-state index in [4.69, 9.17) is 4.74 Å². The molecule has 0 aromatic rings. The maximum absolute atomic E-state index is 6.01. The highest BCUT2D eigenvalue weighted by atomic mass is 16.5. The van der Waals surface area contributed by atoms with E-state index in [1.54, 1.807) is 0 Å². The van der Waals surface area contributed by atoms with Gasteiger partial charge < -0.3 is 4.74 Å². The molecule has 0 amide bonds. The van der Waals surface area contributed by atoms with E-state index >= 15 is 0 Å². The summed E-state index contributed by atoms with van der Waals surface area (Å²) in [6, 6.07) is 0.857. The molecule has 1 aliphatic carbocycles. The predicted octanol–water partition coefficient (Wildman–Crippen LogP) is 3.60. The third-order valence-corrected chi connectivity index (χ3v) is 3.99. The Bertz CT molecular complexity index is 220. The second-order valence-corrected chi connectivity index (χ2v) is 6.81. The monoisotopic (exact) mass is 239 g/mol. The number of ether oxygens (including phenoxy) is 1. The number of nitrogens with zero attached hydrogens (tertiary/aromatic N) is 1. The van der Waals surface area contributed by atoms with E-state index < -0.39 is 0 Å². The summed E-state index contributed by atoms with van der Waals surface area (Å²) >= 11 is 0. The van der Waals surface area contributed by atoms with Crippen LogP contribution in [0.25, 0.3) is 0 Å². The van der Waals surface area contributed by atoms with Gasteiger partial charge in [-0.1, -0.05) is 32.1 Å². The summed E-state index contributed by atoms with van der Waals surface area (Å²) in [4.78, 5) is 2.65. The first-order valence-electron chi connectivity index (χ1n) is 7.46. The van der Waals surface area contributed by atoms with Crippen molar-refractivity contribution in [1.82, 2.24) is 4.90 Å². The van der Waals surface area contributed by atoms with Gasteiger partial charge in [-0.25, -0.2) is 0 Å². The molecule has 2 nitrogen and oxygen atoms in total. The lowest BCUT2D eigenvalue weighted by Gasteiger charge is -2.46.